The molecule has 4 aromatic heterocycles. The molecule has 2 saturated heterocycles. The summed E-state index contributed by atoms with van der Waals surface area (Å²) in [5, 5.41) is 26.9. The summed E-state index contributed by atoms with van der Waals surface area (Å²) in [6.45, 7) is -1.43. The summed E-state index contributed by atoms with van der Waals surface area (Å²) >= 11 is 2.47. The SMILES string of the molecule is O=C(Cc1csc(N2CC(F)(F)C2)n1)Nc1ccc([C@H]2CCC[C@H](c3ccc(NC(=O)Cc4csc(N5CC(F)(F)C5)n4)nn3)C2)nn1. The number of hydrogen-bond donors (Lipinski definition) is 2. The van der Waals surface area contributed by atoms with E-state index in [1.165, 1.54) is 32.5 Å². The van der Waals surface area contributed by atoms with E-state index in [1.54, 1.807) is 22.9 Å². The van der Waals surface area contributed by atoms with Crippen LogP contribution in [0.25, 0.3) is 0 Å². The van der Waals surface area contributed by atoms with Crippen molar-refractivity contribution in [2.24, 2.45) is 0 Å². The van der Waals surface area contributed by atoms with Crippen LogP contribution in [0.5, 0.6) is 0 Å². The topological polar surface area (TPSA) is 142 Å². The fourth-order valence-corrected chi connectivity index (χ4v) is 7.68. The first-order chi connectivity index (χ1) is 23.0. The molecule has 0 aromatic carbocycles. The lowest BCUT2D eigenvalue weighted by Crippen LogP contribution is -2.56. The predicted molar refractivity (Wildman–Crippen MR) is 171 cm³/mol. The first-order valence-electron chi connectivity index (χ1n) is 15.4. The third kappa shape index (κ3) is 7.53. The van der Waals surface area contributed by atoms with E-state index in [-0.39, 0.29) is 62.7 Å². The van der Waals surface area contributed by atoms with Gasteiger partial charge < -0.3 is 20.4 Å². The number of rotatable bonds is 10. The molecule has 2 aliphatic heterocycles. The Balaban J connectivity index is 0.874. The van der Waals surface area contributed by atoms with Gasteiger partial charge in [0.25, 0.3) is 11.8 Å². The number of hydrogen-bond acceptors (Lipinski definition) is 12. The minimum Gasteiger partial charge on any atom is -0.336 e. The molecule has 4 aromatic rings. The predicted octanol–water partition coefficient (Wildman–Crippen LogP) is 4.89. The molecule has 48 heavy (non-hydrogen) atoms. The molecule has 0 bridgehead atoms. The van der Waals surface area contributed by atoms with Gasteiger partial charge in [0.15, 0.2) is 21.9 Å². The maximum Gasteiger partial charge on any atom is 0.282 e. The van der Waals surface area contributed by atoms with E-state index in [2.05, 4.69) is 41.0 Å². The summed E-state index contributed by atoms with van der Waals surface area (Å²) in [5.74, 6) is -5.10. The zero-order valence-corrected chi connectivity index (χ0v) is 27.0. The van der Waals surface area contributed by atoms with Gasteiger partial charge in [-0.1, -0.05) is 6.42 Å². The van der Waals surface area contributed by atoms with Gasteiger partial charge in [0.05, 0.1) is 61.8 Å². The van der Waals surface area contributed by atoms with Gasteiger partial charge in [-0.2, -0.15) is 10.2 Å². The summed E-state index contributed by atoms with van der Waals surface area (Å²) in [7, 11) is 0. The Bertz CT molecular complexity index is 1640. The van der Waals surface area contributed by atoms with Crippen LogP contribution in [0.4, 0.5) is 39.5 Å². The number of amides is 2. The van der Waals surface area contributed by atoms with E-state index in [1.807, 2.05) is 12.1 Å². The average Bonchev–Trinajstić information content (AvgIpc) is 3.69. The first kappa shape index (κ1) is 32.2. The highest BCUT2D eigenvalue weighted by atomic mass is 32.1. The van der Waals surface area contributed by atoms with Gasteiger partial charge in [-0.3, -0.25) is 9.59 Å². The molecule has 3 fully saturated rings. The summed E-state index contributed by atoms with van der Waals surface area (Å²) < 4.78 is 52.6. The highest BCUT2D eigenvalue weighted by Crippen LogP contribution is 2.40. The van der Waals surface area contributed by atoms with Gasteiger partial charge in [0.1, 0.15) is 0 Å². The summed E-state index contributed by atoms with van der Waals surface area (Å²) in [4.78, 5) is 36.7. The van der Waals surface area contributed by atoms with Gasteiger partial charge in [-0.05, 0) is 43.5 Å². The number of alkyl halides is 4. The average molecular weight is 703 g/mol. The number of thiazole rings is 2. The third-order valence-electron chi connectivity index (χ3n) is 8.41. The Morgan fingerprint density at radius 3 is 1.52 bits per heavy atom. The Kier molecular flexibility index (Phi) is 8.69. The van der Waals surface area contributed by atoms with Crippen LogP contribution in [0, 0.1) is 0 Å². The number of anilines is 4. The van der Waals surface area contributed by atoms with Crippen LogP contribution >= 0.6 is 22.7 Å². The smallest absolute Gasteiger partial charge is 0.282 e. The van der Waals surface area contributed by atoms with Crippen LogP contribution in [0.15, 0.2) is 35.0 Å². The highest BCUT2D eigenvalue weighted by molar-refractivity contribution is 7.14. The Labute approximate surface area is 280 Å². The fraction of sp³-hybridized carbons (Fsp3) is 0.467. The van der Waals surface area contributed by atoms with Crippen molar-refractivity contribution < 1.29 is 27.2 Å². The summed E-state index contributed by atoms with van der Waals surface area (Å²) in [6.07, 6.45) is 3.62. The number of aromatic nitrogens is 6. The zero-order valence-electron chi connectivity index (χ0n) is 25.4. The standard InChI is InChI=1S/C30H30F4N10O2S2/c31-29(32)13-43(14-29)27-35-19(11-47-27)9-25(45)37-23-6-4-21(39-41-23)17-2-1-3-18(8-17)22-5-7-24(42-40-22)38-26(46)10-20-12-48-28(36-20)44-15-30(33,34)16-44/h4-7,11-12,17-18H,1-3,8-10,13-16H2,(H,37,41,45)(H,38,42,46)/t17-,18-/m0/s1. The lowest BCUT2D eigenvalue weighted by molar-refractivity contribution is -0.116. The van der Waals surface area contributed by atoms with E-state index in [4.69, 9.17) is 0 Å². The molecular weight excluding hydrogens is 673 g/mol. The van der Waals surface area contributed by atoms with Gasteiger partial charge in [-0.15, -0.1) is 32.9 Å². The van der Waals surface area contributed by atoms with Crippen molar-refractivity contribution in [1.82, 2.24) is 30.4 Å². The maximum absolute atomic E-state index is 13.1. The second-order valence-corrected chi connectivity index (χ2v) is 14.0. The lowest BCUT2D eigenvalue weighted by Gasteiger charge is -2.38. The third-order valence-corrected chi connectivity index (χ3v) is 10.3. The van der Waals surface area contributed by atoms with Gasteiger partial charge in [-0.25, -0.2) is 27.5 Å². The van der Waals surface area contributed by atoms with E-state index in [0.717, 1.165) is 37.1 Å². The molecule has 2 atom stereocenters. The largest absolute Gasteiger partial charge is 0.336 e. The van der Waals surface area contributed by atoms with Crippen LogP contribution in [0.3, 0.4) is 0 Å². The van der Waals surface area contributed by atoms with Crippen LogP contribution in [-0.4, -0.2) is 80.2 Å². The van der Waals surface area contributed by atoms with Crippen molar-refractivity contribution in [3.05, 3.63) is 57.8 Å². The summed E-state index contributed by atoms with van der Waals surface area (Å²) in [5.41, 5.74) is 2.64. The Hall–Kier alpha value is -4.32. The van der Waals surface area contributed by atoms with Crippen molar-refractivity contribution in [2.45, 2.75) is 62.2 Å². The molecule has 3 aliphatic rings. The molecule has 2 N–H and O–H groups in total. The minimum absolute atomic E-state index is 0.00477. The summed E-state index contributed by atoms with van der Waals surface area (Å²) in [6, 6.07) is 7.14. The van der Waals surface area contributed by atoms with Crippen molar-refractivity contribution >= 4 is 56.4 Å². The number of carbonyl (C=O) groups is 2. The van der Waals surface area contributed by atoms with E-state index in [9.17, 15) is 27.2 Å². The normalized spacial score (nSPS) is 21.2. The van der Waals surface area contributed by atoms with Crippen molar-refractivity contribution in [2.75, 3.05) is 46.6 Å². The molecule has 1 saturated carbocycles. The molecule has 12 nitrogen and oxygen atoms in total. The van der Waals surface area contributed by atoms with E-state index < -0.39 is 11.8 Å². The van der Waals surface area contributed by atoms with Crippen LogP contribution in [-0.2, 0) is 22.4 Å². The molecule has 0 unspecified atom stereocenters. The van der Waals surface area contributed by atoms with Crippen LogP contribution in [0.2, 0.25) is 0 Å². The number of carbonyl (C=O) groups excluding carboxylic acids is 2. The molecule has 18 heteroatoms. The van der Waals surface area contributed by atoms with E-state index >= 15 is 0 Å². The van der Waals surface area contributed by atoms with Gasteiger partial charge >= 0.3 is 0 Å². The number of nitrogens with zero attached hydrogens (tertiary/aromatic N) is 8. The van der Waals surface area contributed by atoms with Crippen LogP contribution < -0.4 is 20.4 Å². The number of halogens is 4. The van der Waals surface area contributed by atoms with E-state index in [0.29, 0.717) is 33.3 Å². The second-order valence-electron chi connectivity index (χ2n) is 12.4. The lowest BCUT2D eigenvalue weighted by atomic mass is 9.78. The van der Waals surface area contributed by atoms with Crippen LogP contribution in [0.1, 0.15) is 60.3 Å². The van der Waals surface area contributed by atoms with Gasteiger partial charge in [0, 0.05) is 22.6 Å². The Morgan fingerprint density at radius 1 is 0.708 bits per heavy atom. The van der Waals surface area contributed by atoms with Crippen molar-refractivity contribution in [1.29, 1.82) is 0 Å². The molecule has 1 aliphatic carbocycles. The van der Waals surface area contributed by atoms with Crippen molar-refractivity contribution in [3.63, 3.8) is 0 Å². The second kappa shape index (κ2) is 12.9. The molecule has 0 spiro atoms. The molecular formula is C30H30F4N10O2S2. The highest BCUT2D eigenvalue weighted by Gasteiger charge is 2.46. The molecule has 252 valence electrons. The molecule has 2 amide bonds. The molecule has 7 rings (SSSR count). The molecule has 6 heterocycles. The maximum atomic E-state index is 13.1. The van der Waals surface area contributed by atoms with Gasteiger partial charge in [0.2, 0.25) is 11.8 Å². The minimum atomic E-state index is -2.69. The van der Waals surface area contributed by atoms with Crippen molar-refractivity contribution in [3.8, 4) is 0 Å². The number of nitrogens with one attached hydrogen (secondary N) is 2. The first-order valence-corrected chi connectivity index (χ1v) is 17.1. The fourth-order valence-electron chi connectivity index (χ4n) is 6.02. The quantitative estimate of drug-likeness (QED) is 0.219. The Morgan fingerprint density at radius 2 is 1.15 bits per heavy atom. The monoisotopic (exact) mass is 702 g/mol. The molecule has 0 radical (unpaired) electrons. The zero-order chi connectivity index (χ0) is 33.5.